The molecule has 1 aliphatic rings. The molecule has 1 fully saturated rings. The van der Waals surface area contributed by atoms with Gasteiger partial charge >= 0.3 is 0 Å². The molecule has 1 heterocycles. The molecule has 1 aliphatic carbocycles. The van der Waals surface area contributed by atoms with E-state index in [0.717, 1.165) is 31.2 Å². The van der Waals surface area contributed by atoms with E-state index in [9.17, 15) is 9.59 Å². The van der Waals surface area contributed by atoms with Gasteiger partial charge in [0.2, 0.25) is 5.91 Å². The summed E-state index contributed by atoms with van der Waals surface area (Å²) >= 11 is 0. The summed E-state index contributed by atoms with van der Waals surface area (Å²) in [5.74, 6) is 0.569. The molecule has 1 aromatic carbocycles. The molecule has 6 nitrogen and oxygen atoms in total. The quantitative estimate of drug-likeness (QED) is 0.532. The highest BCUT2D eigenvalue weighted by Crippen LogP contribution is 2.33. The monoisotopic (exact) mass is 369 g/mol. The number of rotatable bonds is 6. The molecular weight excluding hydrogens is 342 g/mol. The zero-order chi connectivity index (χ0) is 19.4. The van der Waals surface area contributed by atoms with Crippen molar-refractivity contribution in [3.8, 4) is 11.3 Å². The number of hydrogen-bond acceptors (Lipinski definition) is 5. The Kier molecular flexibility index (Phi) is 5.84. The Morgan fingerprint density at radius 3 is 2.52 bits per heavy atom. The van der Waals surface area contributed by atoms with Gasteiger partial charge in [-0.1, -0.05) is 19.3 Å². The number of carbonyl (C=O) groups excluding carboxylic acids is 2. The molecule has 1 atom stereocenters. The number of furan rings is 1. The van der Waals surface area contributed by atoms with Crippen molar-refractivity contribution in [2.24, 2.45) is 11.8 Å². The maximum absolute atomic E-state index is 12.8. The number of ketones is 1. The molecule has 1 saturated carbocycles. The van der Waals surface area contributed by atoms with Crippen molar-refractivity contribution in [2.75, 3.05) is 18.5 Å². The molecule has 5 N–H and O–H groups in total. The van der Waals surface area contributed by atoms with Gasteiger partial charge in [0.25, 0.3) is 0 Å². The second-order valence-electron chi connectivity index (χ2n) is 7.25. The van der Waals surface area contributed by atoms with Crippen molar-refractivity contribution < 1.29 is 14.0 Å². The van der Waals surface area contributed by atoms with Gasteiger partial charge < -0.3 is 21.2 Å². The van der Waals surface area contributed by atoms with Gasteiger partial charge in [0.05, 0.1) is 11.4 Å². The van der Waals surface area contributed by atoms with Crippen molar-refractivity contribution in [3.05, 3.63) is 36.1 Å². The number of hydrogen-bond donors (Lipinski definition) is 3. The third-order valence-corrected chi connectivity index (χ3v) is 5.46. The highest BCUT2D eigenvalue weighted by Gasteiger charge is 2.31. The summed E-state index contributed by atoms with van der Waals surface area (Å²) in [5, 5.41) is 2.71. The molecule has 0 bridgehead atoms. The molecule has 144 valence electrons. The first-order valence-electron chi connectivity index (χ1n) is 9.49. The van der Waals surface area contributed by atoms with E-state index in [2.05, 4.69) is 5.32 Å². The lowest BCUT2D eigenvalue weighted by atomic mass is 9.77. The van der Waals surface area contributed by atoms with E-state index in [-0.39, 0.29) is 35.7 Å². The molecule has 3 rings (SSSR count). The van der Waals surface area contributed by atoms with Crippen molar-refractivity contribution in [1.82, 2.24) is 5.32 Å². The van der Waals surface area contributed by atoms with Crippen LogP contribution in [0.3, 0.4) is 0 Å². The van der Waals surface area contributed by atoms with Crippen molar-refractivity contribution in [3.63, 3.8) is 0 Å². The number of amides is 1. The largest absolute Gasteiger partial charge is 0.453 e. The van der Waals surface area contributed by atoms with E-state index in [4.69, 9.17) is 15.9 Å². The van der Waals surface area contributed by atoms with Gasteiger partial charge in [0.1, 0.15) is 5.76 Å². The Morgan fingerprint density at radius 1 is 1.11 bits per heavy atom. The van der Waals surface area contributed by atoms with Crippen LogP contribution in [0.2, 0.25) is 0 Å². The first-order valence-corrected chi connectivity index (χ1v) is 9.49. The predicted octanol–water partition coefficient (Wildman–Crippen LogP) is 3.63. The summed E-state index contributed by atoms with van der Waals surface area (Å²) in [5.41, 5.74) is 13.3. The minimum absolute atomic E-state index is 0.0617. The van der Waals surface area contributed by atoms with Crippen LogP contribution in [0.4, 0.5) is 11.4 Å². The van der Waals surface area contributed by atoms with Gasteiger partial charge in [0, 0.05) is 24.9 Å². The van der Waals surface area contributed by atoms with E-state index in [1.807, 2.05) is 0 Å². The van der Waals surface area contributed by atoms with Crippen LogP contribution in [0.15, 0.2) is 34.7 Å². The third-order valence-electron chi connectivity index (χ3n) is 5.46. The Labute approximate surface area is 159 Å². The van der Waals surface area contributed by atoms with E-state index in [1.54, 1.807) is 37.4 Å². The summed E-state index contributed by atoms with van der Waals surface area (Å²) in [4.78, 5) is 25.1. The molecule has 1 aromatic heterocycles. The minimum Gasteiger partial charge on any atom is -0.453 e. The van der Waals surface area contributed by atoms with E-state index < -0.39 is 0 Å². The topological polar surface area (TPSA) is 111 Å². The smallest absolute Gasteiger partial charge is 0.223 e. The van der Waals surface area contributed by atoms with Gasteiger partial charge in [-0.2, -0.15) is 0 Å². The highest BCUT2D eigenvalue weighted by atomic mass is 16.3. The van der Waals surface area contributed by atoms with Crippen LogP contribution >= 0.6 is 0 Å². The van der Waals surface area contributed by atoms with Crippen molar-refractivity contribution >= 4 is 23.1 Å². The summed E-state index contributed by atoms with van der Waals surface area (Å²) < 4.78 is 5.75. The first-order chi connectivity index (χ1) is 13.0. The molecule has 0 saturated heterocycles. The average molecular weight is 369 g/mol. The number of nitrogens with two attached hydrogens (primary N) is 2. The van der Waals surface area contributed by atoms with Gasteiger partial charge in [-0.25, -0.2) is 0 Å². The Bertz CT molecular complexity index is 822. The molecule has 27 heavy (non-hydrogen) atoms. The number of nitrogen functional groups attached to an aromatic ring is 2. The maximum atomic E-state index is 12.8. The molecule has 2 aromatic rings. The Morgan fingerprint density at radius 2 is 1.85 bits per heavy atom. The van der Waals surface area contributed by atoms with Crippen LogP contribution in [0.25, 0.3) is 11.3 Å². The third kappa shape index (κ3) is 4.32. The van der Waals surface area contributed by atoms with Crippen LogP contribution in [0.5, 0.6) is 0 Å². The van der Waals surface area contributed by atoms with Crippen LogP contribution in [-0.2, 0) is 4.79 Å². The van der Waals surface area contributed by atoms with Crippen LogP contribution in [0, 0.1) is 11.8 Å². The Hall–Kier alpha value is -2.76. The molecule has 0 aliphatic heterocycles. The average Bonchev–Trinajstić information content (AvgIpc) is 3.18. The second kappa shape index (κ2) is 8.29. The van der Waals surface area contributed by atoms with Gasteiger partial charge in [-0.05, 0) is 49.1 Å². The lowest BCUT2D eigenvalue weighted by Gasteiger charge is -2.28. The fourth-order valence-corrected chi connectivity index (χ4v) is 3.87. The van der Waals surface area contributed by atoms with Crippen LogP contribution in [-0.4, -0.2) is 18.7 Å². The summed E-state index contributed by atoms with van der Waals surface area (Å²) in [6.07, 6.45) is 5.61. The molecule has 0 spiro atoms. The first kappa shape index (κ1) is 19.0. The highest BCUT2D eigenvalue weighted by molar-refractivity contribution is 5.97. The normalized spacial score (nSPS) is 16.0. The van der Waals surface area contributed by atoms with E-state index in [1.165, 1.54) is 6.42 Å². The molecule has 1 amide bonds. The summed E-state index contributed by atoms with van der Waals surface area (Å²) in [7, 11) is 1.62. The van der Waals surface area contributed by atoms with E-state index >= 15 is 0 Å². The molecular formula is C21H27N3O3. The summed E-state index contributed by atoms with van der Waals surface area (Å²) in [6.45, 7) is 0. The van der Waals surface area contributed by atoms with Crippen LogP contribution in [0.1, 0.15) is 49.1 Å². The minimum atomic E-state index is -0.302. The second-order valence-corrected chi connectivity index (χ2v) is 7.25. The lowest BCUT2D eigenvalue weighted by molar-refractivity contribution is -0.126. The zero-order valence-electron chi connectivity index (χ0n) is 15.7. The maximum Gasteiger partial charge on any atom is 0.223 e. The fraction of sp³-hybridized carbons (Fsp3) is 0.429. The van der Waals surface area contributed by atoms with Crippen LogP contribution < -0.4 is 16.8 Å². The number of benzene rings is 1. The zero-order valence-corrected chi connectivity index (χ0v) is 15.7. The van der Waals surface area contributed by atoms with Gasteiger partial charge in [-0.15, -0.1) is 0 Å². The molecule has 6 heteroatoms. The van der Waals surface area contributed by atoms with Gasteiger partial charge in [-0.3, -0.25) is 9.59 Å². The fourth-order valence-electron chi connectivity index (χ4n) is 3.87. The summed E-state index contributed by atoms with van der Waals surface area (Å²) in [6, 6.07) is 8.63. The van der Waals surface area contributed by atoms with Crippen molar-refractivity contribution in [2.45, 2.75) is 38.5 Å². The number of carbonyl (C=O) groups is 2. The lowest BCUT2D eigenvalue weighted by Crippen LogP contribution is -2.35. The number of Topliss-reactive ketones (excluding diaryl/α,β-unsaturated/α-hetero) is 1. The van der Waals surface area contributed by atoms with Crippen molar-refractivity contribution in [1.29, 1.82) is 0 Å². The Balaban J connectivity index is 1.75. The van der Waals surface area contributed by atoms with E-state index in [0.29, 0.717) is 17.1 Å². The molecule has 0 radical (unpaired) electrons. The number of nitrogens with one attached hydrogen (secondary N) is 1. The number of anilines is 2. The standard InChI is InChI=1S/C21H27N3O3/c1-24-21(26)15(13-5-3-2-4-6-13)12-18(25)20-10-9-19(27-20)14-7-8-16(22)17(23)11-14/h7-11,13,15H,2-6,12,22-23H2,1H3,(H,24,26)/t15-/m0/s1. The predicted molar refractivity (Wildman–Crippen MR) is 106 cm³/mol. The van der Waals surface area contributed by atoms with Gasteiger partial charge in [0.15, 0.2) is 11.5 Å². The molecule has 0 unspecified atom stereocenters. The SMILES string of the molecule is CNC(=O)[C@@H](CC(=O)c1ccc(-c2ccc(N)c(N)c2)o1)C1CCCCC1.